The van der Waals surface area contributed by atoms with Gasteiger partial charge in [-0.1, -0.05) is 32.8 Å². The van der Waals surface area contributed by atoms with Crippen LogP contribution in [0.15, 0.2) is 18.2 Å². The zero-order chi connectivity index (χ0) is 18.6. The van der Waals surface area contributed by atoms with Crippen molar-refractivity contribution in [2.75, 3.05) is 20.2 Å². The molecule has 1 aliphatic heterocycles. The second-order valence-corrected chi connectivity index (χ2v) is 10.1. The lowest BCUT2D eigenvalue weighted by Crippen LogP contribution is -2.64. The number of rotatable bonds is 4. The van der Waals surface area contributed by atoms with Gasteiger partial charge in [-0.05, 0) is 92.0 Å². The molecule has 148 valence electrons. The van der Waals surface area contributed by atoms with Crippen molar-refractivity contribution in [3.63, 3.8) is 0 Å². The monoisotopic (exact) mass is 367 g/mol. The minimum atomic E-state index is 0.413. The second-order valence-electron chi connectivity index (χ2n) is 10.1. The molecule has 1 saturated heterocycles. The van der Waals surface area contributed by atoms with Crippen LogP contribution in [0, 0.1) is 23.7 Å². The van der Waals surface area contributed by atoms with E-state index < -0.39 is 0 Å². The molecular formula is C25H37NO. The van der Waals surface area contributed by atoms with E-state index in [0.29, 0.717) is 5.41 Å². The topological polar surface area (TPSA) is 12.5 Å². The van der Waals surface area contributed by atoms with Crippen molar-refractivity contribution in [2.24, 2.45) is 23.7 Å². The number of fused-ring (bicyclic) bond motifs is 1. The number of likely N-dealkylation sites (tertiary alicyclic amines) is 1. The highest BCUT2D eigenvalue weighted by molar-refractivity contribution is 5.46. The Morgan fingerprint density at radius 2 is 2.04 bits per heavy atom. The summed E-state index contributed by atoms with van der Waals surface area (Å²) in [5.74, 6) is 4.65. The molecule has 1 aromatic carbocycles. The van der Waals surface area contributed by atoms with E-state index in [1.807, 2.05) is 7.11 Å². The molecule has 0 spiro atoms. The van der Waals surface area contributed by atoms with Gasteiger partial charge in [-0.25, -0.2) is 0 Å². The fourth-order valence-corrected chi connectivity index (χ4v) is 7.46. The maximum Gasteiger partial charge on any atom is 0.119 e. The predicted octanol–water partition coefficient (Wildman–Crippen LogP) is 5.44. The van der Waals surface area contributed by atoms with E-state index in [1.165, 1.54) is 64.5 Å². The summed E-state index contributed by atoms with van der Waals surface area (Å²) in [6.45, 7) is 7.67. The van der Waals surface area contributed by atoms with E-state index in [9.17, 15) is 0 Å². The SMILES string of the molecule is CC[C@H]1C(C)CC[C@]23CCN(CC4CCC4)[C@H](Cc4ccc(OC)cc42)C13. The zero-order valence-electron chi connectivity index (χ0n) is 17.5. The molecule has 27 heavy (non-hydrogen) atoms. The number of piperidine rings is 1. The van der Waals surface area contributed by atoms with Crippen molar-refractivity contribution >= 4 is 0 Å². The first-order valence-electron chi connectivity index (χ1n) is 11.6. The van der Waals surface area contributed by atoms with Crippen LogP contribution in [0.5, 0.6) is 5.75 Å². The summed E-state index contributed by atoms with van der Waals surface area (Å²) in [7, 11) is 1.82. The van der Waals surface area contributed by atoms with Crippen LogP contribution in [0.4, 0.5) is 0 Å². The Bertz CT molecular complexity index is 696. The lowest BCUT2D eigenvalue weighted by atomic mass is 9.47. The highest BCUT2D eigenvalue weighted by Gasteiger charge is 2.58. The standard InChI is InChI=1S/C25H37NO/c1-4-21-17(2)10-11-25-12-13-26(16-18-6-5-7-18)23(24(21)25)14-19-8-9-20(27-3)15-22(19)25/h8-9,15,17-18,21,23-24H,4-7,10-14,16H2,1-3H3/t17?,21-,23+,24?,25-/m0/s1. The fourth-order valence-electron chi connectivity index (χ4n) is 7.46. The average molecular weight is 368 g/mol. The summed E-state index contributed by atoms with van der Waals surface area (Å²) >= 11 is 0. The third-order valence-corrected chi connectivity index (χ3v) is 9.08. The fraction of sp³-hybridized carbons (Fsp3) is 0.760. The maximum atomic E-state index is 5.65. The molecule has 1 heterocycles. The molecule has 2 nitrogen and oxygen atoms in total. The number of hydrogen-bond donors (Lipinski definition) is 0. The molecule has 0 radical (unpaired) electrons. The van der Waals surface area contributed by atoms with E-state index in [4.69, 9.17) is 4.74 Å². The van der Waals surface area contributed by atoms with Gasteiger partial charge in [0, 0.05) is 18.0 Å². The van der Waals surface area contributed by atoms with Crippen LogP contribution in [-0.4, -0.2) is 31.1 Å². The molecule has 5 atom stereocenters. The highest BCUT2D eigenvalue weighted by Crippen LogP contribution is 2.60. The number of nitrogens with zero attached hydrogens (tertiary/aromatic N) is 1. The molecule has 2 saturated carbocycles. The van der Waals surface area contributed by atoms with E-state index in [2.05, 4.69) is 36.9 Å². The van der Waals surface area contributed by atoms with Crippen LogP contribution >= 0.6 is 0 Å². The molecule has 2 bridgehead atoms. The smallest absolute Gasteiger partial charge is 0.119 e. The summed E-state index contributed by atoms with van der Waals surface area (Å²) in [4.78, 5) is 2.95. The van der Waals surface area contributed by atoms with Gasteiger partial charge >= 0.3 is 0 Å². The quantitative estimate of drug-likeness (QED) is 0.703. The van der Waals surface area contributed by atoms with Gasteiger partial charge in [0.25, 0.3) is 0 Å². The van der Waals surface area contributed by atoms with E-state index in [1.54, 1.807) is 11.1 Å². The van der Waals surface area contributed by atoms with Crippen molar-refractivity contribution < 1.29 is 4.74 Å². The van der Waals surface area contributed by atoms with E-state index >= 15 is 0 Å². The summed E-state index contributed by atoms with van der Waals surface area (Å²) in [6, 6.07) is 7.78. The summed E-state index contributed by atoms with van der Waals surface area (Å²) in [5.41, 5.74) is 3.70. The summed E-state index contributed by atoms with van der Waals surface area (Å²) in [6.07, 6.45) is 11.2. The number of methoxy groups -OCH3 is 1. The van der Waals surface area contributed by atoms with Gasteiger partial charge < -0.3 is 4.74 Å². The van der Waals surface area contributed by atoms with E-state index in [0.717, 1.165) is 35.5 Å². The van der Waals surface area contributed by atoms with Gasteiger partial charge in [-0.15, -0.1) is 0 Å². The highest BCUT2D eigenvalue weighted by atomic mass is 16.5. The number of benzene rings is 1. The average Bonchev–Trinajstić information content (AvgIpc) is 2.65. The van der Waals surface area contributed by atoms with Crippen LogP contribution in [0.3, 0.4) is 0 Å². The Kier molecular flexibility index (Phi) is 4.54. The first-order chi connectivity index (χ1) is 13.2. The zero-order valence-corrected chi connectivity index (χ0v) is 17.5. The molecule has 3 fully saturated rings. The normalized spacial score (nSPS) is 38.6. The van der Waals surface area contributed by atoms with Crippen molar-refractivity contribution in [3.05, 3.63) is 29.3 Å². The first kappa shape index (κ1) is 18.0. The Balaban J connectivity index is 1.58. The number of ether oxygens (including phenoxy) is 1. The van der Waals surface area contributed by atoms with Crippen LogP contribution in [0.1, 0.15) is 69.9 Å². The van der Waals surface area contributed by atoms with Gasteiger partial charge in [0.05, 0.1) is 7.11 Å². The third kappa shape index (κ3) is 2.69. The molecular weight excluding hydrogens is 330 g/mol. The Morgan fingerprint density at radius 3 is 2.74 bits per heavy atom. The van der Waals surface area contributed by atoms with Gasteiger partial charge in [-0.3, -0.25) is 4.90 Å². The van der Waals surface area contributed by atoms with Crippen molar-refractivity contribution in [1.82, 2.24) is 4.90 Å². The third-order valence-electron chi connectivity index (χ3n) is 9.08. The van der Waals surface area contributed by atoms with Gasteiger partial charge in [0.2, 0.25) is 0 Å². The largest absolute Gasteiger partial charge is 0.497 e. The Labute approximate surface area is 165 Å². The molecule has 1 aromatic rings. The number of hydrogen-bond acceptors (Lipinski definition) is 2. The lowest BCUT2D eigenvalue weighted by molar-refractivity contribution is -0.0706. The van der Waals surface area contributed by atoms with Gasteiger partial charge in [0.1, 0.15) is 5.75 Å². The molecule has 3 aliphatic carbocycles. The predicted molar refractivity (Wildman–Crippen MR) is 111 cm³/mol. The maximum absolute atomic E-state index is 5.65. The Morgan fingerprint density at radius 1 is 1.19 bits per heavy atom. The van der Waals surface area contributed by atoms with Crippen LogP contribution < -0.4 is 4.74 Å². The van der Waals surface area contributed by atoms with E-state index in [-0.39, 0.29) is 0 Å². The minimum absolute atomic E-state index is 0.413. The van der Waals surface area contributed by atoms with Gasteiger partial charge in [0.15, 0.2) is 0 Å². The van der Waals surface area contributed by atoms with Crippen LogP contribution in [0.2, 0.25) is 0 Å². The molecule has 4 aliphatic rings. The lowest BCUT2D eigenvalue weighted by Gasteiger charge is -2.63. The van der Waals surface area contributed by atoms with Gasteiger partial charge in [-0.2, -0.15) is 0 Å². The minimum Gasteiger partial charge on any atom is -0.497 e. The van der Waals surface area contributed by atoms with Crippen molar-refractivity contribution in [2.45, 2.75) is 76.7 Å². The summed E-state index contributed by atoms with van der Waals surface area (Å²) < 4.78 is 5.65. The molecule has 5 rings (SSSR count). The molecule has 2 heteroatoms. The molecule has 2 unspecified atom stereocenters. The van der Waals surface area contributed by atoms with Crippen LogP contribution in [-0.2, 0) is 11.8 Å². The van der Waals surface area contributed by atoms with Crippen molar-refractivity contribution in [3.8, 4) is 5.75 Å². The second kappa shape index (κ2) is 6.79. The molecule has 0 N–H and O–H groups in total. The first-order valence-corrected chi connectivity index (χ1v) is 11.6. The summed E-state index contributed by atoms with van der Waals surface area (Å²) in [5, 5.41) is 0. The molecule has 0 amide bonds. The molecule has 0 aromatic heterocycles. The van der Waals surface area contributed by atoms with Crippen molar-refractivity contribution in [1.29, 1.82) is 0 Å². The van der Waals surface area contributed by atoms with Crippen LogP contribution in [0.25, 0.3) is 0 Å². The Hall–Kier alpha value is -1.02.